The highest BCUT2D eigenvalue weighted by Crippen LogP contribution is 2.01. The minimum Gasteiger partial charge on any atom is -0.382 e. The van der Waals surface area contributed by atoms with E-state index >= 15 is 0 Å². The molecule has 78 valence electrons. The number of rotatable bonds is 5. The van der Waals surface area contributed by atoms with E-state index in [1.165, 1.54) is 0 Å². The molecule has 4 nitrogen and oxygen atoms in total. The van der Waals surface area contributed by atoms with Crippen LogP contribution in [0.15, 0.2) is 0 Å². The lowest BCUT2D eigenvalue weighted by Gasteiger charge is -2.14. The van der Waals surface area contributed by atoms with Gasteiger partial charge in [-0.05, 0) is 13.0 Å². The van der Waals surface area contributed by atoms with E-state index in [0.29, 0.717) is 19.8 Å². The molecule has 1 N–H and O–H groups in total. The molecule has 0 unspecified atom stereocenters. The molecule has 0 saturated carbocycles. The lowest BCUT2D eigenvalue weighted by Crippen LogP contribution is -2.21. The summed E-state index contributed by atoms with van der Waals surface area (Å²) in [7, 11) is 1.68. The molecule has 1 saturated heterocycles. The van der Waals surface area contributed by atoms with Gasteiger partial charge >= 0.3 is 0 Å². The average Bonchev–Trinajstić information content (AvgIpc) is 2.41. The highest BCUT2D eigenvalue weighted by molar-refractivity contribution is 4.63. The zero-order chi connectivity index (χ0) is 9.36. The van der Waals surface area contributed by atoms with Crippen molar-refractivity contribution in [1.29, 1.82) is 0 Å². The van der Waals surface area contributed by atoms with Crippen molar-refractivity contribution in [1.82, 2.24) is 5.32 Å². The third-order valence-corrected chi connectivity index (χ3v) is 2.01. The van der Waals surface area contributed by atoms with E-state index in [0.717, 1.165) is 26.1 Å². The molecule has 1 atom stereocenters. The van der Waals surface area contributed by atoms with Crippen molar-refractivity contribution in [3.05, 3.63) is 0 Å². The Bertz CT molecular complexity index is 113. The van der Waals surface area contributed by atoms with Crippen LogP contribution in [0.1, 0.15) is 6.42 Å². The molecule has 1 aliphatic heterocycles. The van der Waals surface area contributed by atoms with E-state index in [1.807, 2.05) is 0 Å². The van der Waals surface area contributed by atoms with Gasteiger partial charge in [-0.15, -0.1) is 0 Å². The summed E-state index contributed by atoms with van der Waals surface area (Å²) in [6, 6.07) is 0. The number of ether oxygens (including phenoxy) is 3. The van der Waals surface area contributed by atoms with Gasteiger partial charge in [0.2, 0.25) is 0 Å². The Hall–Kier alpha value is -0.160. The Morgan fingerprint density at radius 1 is 1.38 bits per heavy atom. The third-order valence-electron chi connectivity index (χ3n) is 2.01. The van der Waals surface area contributed by atoms with Gasteiger partial charge in [0.15, 0.2) is 0 Å². The SMILES string of the molecule is COCCOC[C@@H]1CCNCCO1. The molecular formula is C9H19NO3. The van der Waals surface area contributed by atoms with Crippen molar-refractivity contribution >= 4 is 0 Å². The van der Waals surface area contributed by atoms with Gasteiger partial charge in [-0.2, -0.15) is 0 Å². The molecule has 1 fully saturated rings. The van der Waals surface area contributed by atoms with E-state index in [2.05, 4.69) is 5.32 Å². The van der Waals surface area contributed by atoms with Gasteiger partial charge in [-0.3, -0.25) is 0 Å². The number of methoxy groups -OCH3 is 1. The van der Waals surface area contributed by atoms with E-state index in [9.17, 15) is 0 Å². The van der Waals surface area contributed by atoms with E-state index in [-0.39, 0.29) is 6.10 Å². The minimum atomic E-state index is 0.256. The Kier molecular flexibility index (Phi) is 6.10. The van der Waals surface area contributed by atoms with Crippen molar-refractivity contribution in [2.75, 3.05) is 46.6 Å². The summed E-state index contributed by atoms with van der Waals surface area (Å²) in [5, 5.41) is 3.27. The number of nitrogens with one attached hydrogen (secondary N) is 1. The van der Waals surface area contributed by atoms with E-state index in [4.69, 9.17) is 14.2 Å². The van der Waals surface area contributed by atoms with Crippen LogP contribution in [0.5, 0.6) is 0 Å². The smallest absolute Gasteiger partial charge is 0.0821 e. The Morgan fingerprint density at radius 3 is 3.15 bits per heavy atom. The first kappa shape index (κ1) is 10.9. The van der Waals surface area contributed by atoms with Crippen LogP contribution < -0.4 is 5.32 Å². The van der Waals surface area contributed by atoms with Crippen LogP contribution in [0.25, 0.3) is 0 Å². The van der Waals surface area contributed by atoms with E-state index < -0.39 is 0 Å². The fourth-order valence-electron chi connectivity index (χ4n) is 1.26. The van der Waals surface area contributed by atoms with Crippen LogP contribution in [-0.4, -0.2) is 52.7 Å². The Labute approximate surface area is 79.5 Å². The maximum atomic E-state index is 5.55. The molecule has 1 rings (SSSR count). The molecule has 0 aliphatic carbocycles. The van der Waals surface area contributed by atoms with Crippen LogP contribution in [-0.2, 0) is 14.2 Å². The zero-order valence-corrected chi connectivity index (χ0v) is 8.25. The first-order chi connectivity index (χ1) is 6.43. The summed E-state index contributed by atoms with van der Waals surface area (Å²) in [5.41, 5.74) is 0. The minimum absolute atomic E-state index is 0.256. The quantitative estimate of drug-likeness (QED) is 0.619. The lowest BCUT2D eigenvalue weighted by molar-refractivity contribution is -0.0217. The largest absolute Gasteiger partial charge is 0.382 e. The maximum absolute atomic E-state index is 5.55. The topological polar surface area (TPSA) is 39.7 Å². The van der Waals surface area contributed by atoms with Crippen molar-refractivity contribution in [2.24, 2.45) is 0 Å². The molecule has 0 aromatic heterocycles. The molecule has 4 heteroatoms. The van der Waals surface area contributed by atoms with Crippen LogP contribution in [0.3, 0.4) is 0 Å². The molecule has 1 heterocycles. The van der Waals surface area contributed by atoms with Gasteiger partial charge in [0.25, 0.3) is 0 Å². The molecule has 0 bridgehead atoms. The highest BCUT2D eigenvalue weighted by atomic mass is 16.5. The number of hydrogen-bond donors (Lipinski definition) is 1. The van der Waals surface area contributed by atoms with E-state index in [1.54, 1.807) is 7.11 Å². The monoisotopic (exact) mass is 189 g/mol. The zero-order valence-electron chi connectivity index (χ0n) is 8.25. The normalized spacial score (nSPS) is 24.2. The highest BCUT2D eigenvalue weighted by Gasteiger charge is 2.11. The van der Waals surface area contributed by atoms with Crippen LogP contribution in [0.2, 0.25) is 0 Å². The third kappa shape index (κ3) is 5.21. The van der Waals surface area contributed by atoms with Gasteiger partial charge in [0, 0.05) is 13.7 Å². The fraction of sp³-hybridized carbons (Fsp3) is 1.00. The summed E-state index contributed by atoms with van der Waals surface area (Å²) in [5.74, 6) is 0. The summed E-state index contributed by atoms with van der Waals surface area (Å²) < 4.78 is 15.8. The second-order valence-electron chi connectivity index (χ2n) is 3.10. The molecule has 0 spiro atoms. The van der Waals surface area contributed by atoms with Crippen LogP contribution in [0, 0.1) is 0 Å². The van der Waals surface area contributed by atoms with Crippen LogP contribution >= 0.6 is 0 Å². The van der Waals surface area contributed by atoms with Gasteiger partial charge in [0.05, 0.1) is 32.5 Å². The first-order valence-corrected chi connectivity index (χ1v) is 4.82. The maximum Gasteiger partial charge on any atom is 0.0821 e. The molecule has 1 aliphatic rings. The predicted octanol–water partition coefficient (Wildman–Crippen LogP) is 0.0279. The Balaban J connectivity index is 1.98. The number of hydrogen-bond acceptors (Lipinski definition) is 4. The van der Waals surface area contributed by atoms with Crippen molar-refractivity contribution in [3.8, 4) is 0 Å². The summed E-state index contributed by atoms with van der Waals surface area (Å²) >= 11 is 0. The first-order valence-electron chi connectivity index (χ1n) is 4.82. The standard InChI is InChI=1S/C9H19NO3/c1-11-6-7-12-8-9-2-3-10-4-5-13-9/h9-10H,2-8H2,1H3/t9-/m0/s1. The van der Waals surface area contributed by atoms with Gasteiger partial charge in [-0.25, -0.2) is 0 Å². The van der Waals surface area contributed by atoms with Gasteiger partial charge < -0.3 is 19.5 Å². The van der Waals surface area contributed by atoms with Crippen molar-refractivity contribution in [3.63, 3.8) is 0 Å². The van der Waals surface area contributed by atoms with Crippen LogP contribution in [0.4, 0.5) is 0 Å². The molecule has 0 aromatic rings. The summed E-state index contributed by atoms with van der Waals surface area (Å²) in [6.07, 6.45) is 1.29. The molecule has 13 heavy (non-hydrogen) atoms. The molecule has 0 amide bonds. The molecule has 0 aromatic carbocycles. The second-order valence-corrected chi connectivity index (χ2v) is 3.10. The van der Waals surface area contributed by atoms with Gasteiger partial charge in [0.1, 0.15) is 0 Å². The fourth-order valence-corrected chi connectivity index (χ4v) is 1.26. The van der Waals surface area contributed by atoms with Crippen molar-refractivity contribution in [2.45, 2.75) is 12.5 Å². The van der Waals surface area contributed by atoms with Crippen molar-refractivity contribution < 1.29 is 14.2 Å². The molecule has 0 radical (unpaired) electrons. The summed E-state index contributed by atoms with van der Waals surface area (Å²) in [6.45, 7) is 4.77. The average molecular weight is 189 g/mol. The molecular weight excluding hydrogens is 170 g/mol. The lowest BCUT2D eigenvalue weighted by atomic mass is 10.3. The Morgan fingerprint density at radius 2 is 2.31 bits per heavy atom. The van der Waals surface area contributed by atoms with Gasteiger partial charge in [-0.1, -0.05) is 0 Å². The predicted molar refractivity (Wildman–Crippen MR) is 49.9 cm³/mol. The summed E-state index contributed by atoms with van der Waals surface area (Å²) in [4.78, 5) is 0. The second kappa shape index (κ2) is 7.26.